The Kier molecular flexibility index (Phi) is 2.31. The molecule has 81 valence electrons. The van der Waals surface area contributed by atoms with Gasteiger partial charge in [0.1, 0.15) is 5.66 Å². The number of nitrogens with zero attached hydrogens (tertiary/aromatic N) is 2. The Balaban J connectivity index is 3.20. The standard InChI is InChI=1S/C10H19N2O2/c1-8(2)7(9(3,4)13)11-10(5,6)12(8)14/h13H,1-6H3. The van der Waals surface area contributed by atoms with E-state index < -0.39 is 16.8 Å². The van der Waals surface area contributed by atoms with Gasteiger partial charge in [0.15, 0.2) is 0 Å². The van der Waals surface area contributed by atoms with E-state index in [2.05, 4.69) is 4.99 Å². The summed E-state index contributed by atoms with van der Waals surface area (Å²) in [6.45, 7) is 10.4. The largest absolute Gasteiger partial charge is 0.384 e. The van der Waals surface area contributed by atoms with E-state index >= 15 is 0 Å². The Morgan fingerprint density at radius 3 is 1.86 bits per heavy atom. The van der Waals surface area contributed by atoms with Crippen LogP contribution in [0.25, 0.3) is 0 Å². The molecule has 0 aromatic carbocycles. The molecule has 1 aliphatic heterocycles. The number of hydroxylamine groups is 2. The molecule has 0 saturated heterocycles. The van der Waals surface area contributed by atoms with Gasteiger partial charge in [-0.05, 0) is 41.5 Å². The lowest BCUT2D eigenvalue weighted by Gasteiger charge is -2.34. The lowest BCUT2D eigenvalue weighted by atomic mass is 9.87. The summed E-state index contributed by atoms with van der Waals surface area (Å²) in [5.41, 5.74) is -2.01. The Morgan fingerprint density at radius 2 is 1.71 bits per heavy atom. The van der Waals surface area contributed by atoms with Crippen molar-refractivity contribution in [1.29, 1.82) is 0 Å². The van der Waals surface area contributed by atoms with Crippen molar-refractivity contribution in [3.8, 4) is 0 Å². The van der Waals surface area contributed by atoms with Crippen molar-refractivity contribution in [2.45, 2.75) is 58.3 Å². The Bertz CT molecular complexity index is 274. The van der Waals surface area contributed by atoms with Gasteiger partial charge >= 0.3 is 0 Å². The smallest absolute Gasteiger partial charge is 0.134 e. The SMILES string of the molecule is CC(C)(O)C1=NC(C)(C)N([O])C1(C)C. The first-order valence-corrected chi connectivity index (χ1v) is 4.80. The van der Waals surface area contributed by atoms with Crippen LogP contribution in [0.1, 0.15) is 41.5 Å². The average Bonchev–Trinajstić information content (AvgIpc) is 2.10. The third kappa shape index (κ3) is 1.58. The fraction of sp³-hybridized carbons (Fsp3) is 0.900. The number of hydrogen-bond donors (Lipinski definition) is 1. The fourth-order valence-corrected chi connectivity index (χ4v) is 2.12. The maximum absolute atomic E-state index is 11.9. The van der Waals surface area contributed by atoms with E-state index in [1.165, 1.54) is 0 Å². The fourth-order valence-electron chi connectivity index (χ4n) is 2.12. The highest BCUT2D eigenvalue weighted by molar-refractivity contribution is 6.00. The molecule has 0 aliphatic carbocycles. The zero-order chi connectivity index (χ0) is 11.4. The van der Waals surface area contributed by atoms with Crippen molar-refractivity contribution in [1.82, 2.24) is 5.06 Å². The molecule has 4 nitrogen and oxygen atoms in total. The third-order valence-corrected chi connectivity index (χ3v) is 2.55. The number of aliphatic imine (C=N–C) groups is 1. The summed E-state index contributed by atoms with van der Waals surface area (Å²) in [5.74, 6) is 0. The lowest BCUT2D eigenvalue weighted by molar-refractivity contribution is -0.241. The summed E-state index contributed by atoms with van der Waals surface area (Å²) in [6.07, 6.45) is 0. The van der Waals surface area contributed by atoms with Crippen molar-refractivity contribution in [3.63, 3.8) is 0 Å². The van der Waals surface area contributed by atoms with Gasteiger partial charge in [0.25, 0.3) is 0 Å². The molecule has 14 heavy (non-hydrogen) atoms. The zero-order valence-corrected chi connectivity index (χ0v) is 9.75. The van der Waals surface area contributed by atoms with E-state index in [0.29, 0.717) is 5.71 Å². The quantitative estimate of drug-likeness (QED) is 0.693. The van der Waals surface area contributed by atoms with Gasteiger partial charge in [-0.3, -0.25) is 4.99 Å². The summed E-state index contributed by atoms with van der Waals surface area (Å²) >= 11 is 0. The van der Waals surface area contributed by atoms with E-state index in [1.54, 1.807) is 41.5 Å². The monoisotopic (exact) mass is 199 g/mol. The van der Waals surface area contributed by atoms with Crippen LogP contribution in [0.15, 0.2) is 4.99 Å². The Morgan fingerprint density at radius 1 is 1.29 bits per heavy atom. The normalized spacial score (nSPS) is 26.4. The van der Waals surface area contributed by atoms with Gasteiger partial charge in [-0.1, -0.05) is 0 Å². The summed E-state index contributed by atoms with van der Waals surface area (Å²) in [6, 6.07) is 0. The zero-order valence-electron chi connectivity index (χ0n) is 9.75. The molecule has 0 spiro atoms. The van der Waals surface area contributed by atoms with Crippen molar-refractivity contribution >= 4 is 5.71 Å². The molecule has 0 amide bonds. The van der Waals surface area contributed by atoms with Gasteiger partial charge in [0, 0.05) is 0 Å². The minimum atomic E-state index is -1.04. The molecule has 1 heterocycles. The van der Waals surface area contributed by atoms with Gasteiger partial charge in [-0.25, -0.2) is 0 Å². The molecule has 0 fully saturated rings. The molecule has 1 N–H and O–H groups in total. The van der Waals surface area contributed by atoms with Crippen molar-refractivity contribution < 1.29 is 10.3 Å². The summed E-state index contributed by atoms with van der Waals surface area (Å²) in [7, 11) is 0. The van der Waals surface area contributed by atoms with Crippen LogP contribution >= 0.6 is 0 Å². The molecule has 0 bridgehead atoms. The second-order valence-corrected chi connectivity index (χ2v) is 5.37. The first-order chi connectivity index (χ1) is 5.99. The van der Waals surface area contributed by atoms with Crippen LogP contribution in [0.4, 0.5) is 0 Å². The predicted molar refractivity (Wildman–Crippen MR) is 54.4 cm³/mol. The minimum Gasteiger partial charge on any atom is -0.384 e. The molecular formula is C10H19N2O2. The van der Waals surface area contributed by atoms with Crippen LogP contribution in [0.3, 0.4) is 0 Å². The molecule has 0 aromatic heterocycles. The highest BCUT2D eigenvalue weighted by atomic mass is 16.5. The number of rotatable bonds is 1. The van der Waals surface area contributed by atoms with Crippen LogP contribution in [0.2, 0.25) is 0 Å². The first kappa shape index (κ1) is 11.6. The van der Waals surface area contributed by atoms with Gasteiger partial charge in [0.05, 0.1) is 16.9 Å². The topological polar surface area (TPSA) is 55.7 Å². The molecule has 1 radical (unpaired) electrons. The lowest BCUT2D eigenvalue weighted by Crippen LogP contribution is -2.53. The van der Waals surface area contributed by atoms with E-state index in [-0.39, 0.29) is 0 Å². The highest BCUT2D eigenvalue weighted by Crippen LogP contribution is 2.36. The second kappa shape index (κ2) is 2.78. The number of hydrogen-bond acceptors (Lipinski definition) is 3. The molecule has 0 atom stereocenters. The van der Waals surface area contributed by atoms with Gasteiger partial charge < -0.3 is 5.11 Å². The maximum atomic E-state index is 11.9. The number of aliphatic hydroxyl groups is 1. The van der Waals surface area contributed by atoms with Crippen LogP contribution in [0.5, 0.6) is 0 Å². The van der Waals surface area contributed by atoms with Crippen molar-refractivity contribution in [3.05, 3.63) is 0 Å². The molecule has 0 saturated carbocycles. The summed E-state index contributed by atoms with van der Waals surface area (Å²) in [5, 5.41) is 22.7. The Hall–Kier alpha value is -0.450. The van der Waals surface area contributed by atoms with Crippen LogP contribution in [-0.4, -0.2) is 32.7 Å². The summed E-state index contributed by atoms with van der Waals surface area (Å²) in [4.78, 5) is 4.31. The van der Waals surface area contributed by atoms with Crippen LogP contribution in [-0.2, 0) is 5.21 Å². The van der Waals surface area contributed by atoms with E-state index in [0.717, 1.165) is 5.06 Å². The molecule has 0 aromatic rings. The van der Waals surface area contributed by atoms with E-state index in [9.17, 15) is 10.3 Å². The van der Waals surface area contributed by atoms with Gasteiger partial charge in [0.2, 0.25) is 0 Å². The third-order valence-electron chi connectivity index (χ3n) is 2.55. The molecule has 1 rings (SSSR count). The van der Waals surface area contributed by atoms with E-state index in [4.69, 9.17) is 0 Å². The second-order valence-electron chi connectivity index (χ2n) is 5.37. The summed E-state index contributed by atoms with van der Waals surface area (Å²) < 4.78 is 0. The minimum absolute atomic E-state index is 0.546. The molecular weight excluding hydrogens is 180 g/mol. The van der Waals surface area contributed by atoms with Crippen molar-refractivity contribution in [2.24, 2.45) is 4.99 Å². The van der Waals surface area contributed by atoms with Crippen LogP contribution in [0, 0.1) is 0 Å². The van der Waals surface area contributed by atoms with Gasteiger partial charge in [-0.2, -0.15) is 0 Å². The Labute approximate surface area is 85.2 Å². The van der Waals surface area contributed by atoms with E-state index in [1.807, 2.05) is 0 Å². The van der Waals surface area contributed by atoms with Crippen molar-refractivity contribution in [2.75, 3.05) is 0 Å². The maximum Gasteiger partial charge on any atom is 0.134 e. The molecule has 4 heteroatoms. The van der Waals surface area contributed by atoms with Gasteiger partial charge in [-0.15, -0.1) is 10.3 Å². The first-order valence-electron chi connectivity index (χ1n) is 4.80. The van der Waals surface area contributed by atoms with Crippen LogP contribution < -0.4 is 0 Å². The average molecular weight is 199 g/mol. The molecule has 0 unspecified atom stereocenters. The molecule has 1 aliphatic rings. The predicted octanol–water partition coefficient (Wildman–Crippen LogP) is 1.37. The highest BCUT2D eigenvalue weighted by Gasteiger charge is 2.52.